The second-order valence-corrected chi connectivity index (χ2v) is 7.27. The Morgan fingerprint density at radius 3 is 2.31 bits per heavy atom. The molecule has 0 aliphatic heterocycles. The Kier molecular flexibility index (Phi) is 7.36. The summed E-state index contributed by atoms with van der Waals surface area (Å²) in [5, 5.41) is 7.53. The molecule has 1 aromatic carbocycles. The molecule has 0 unspecified atom stereocenters. The summed E-state index contributed by atoms with van der Waals surface area (Å²) in [6.45, 7) is 6.12. The van der Waals surface area contributed by atoms with E-state index in [4.69, 9.17) is 0 Å². The Morgan fingerprint density at radius 1 is 1.12 bits per heavy atom. The number of carbonyl (C=O) groups excluding carboxylic acids is 2. The Bertz CT molecular complexity index is 713. The van der Waals surface area contributed by atoms with Crippen molar-refractivity contribution < 1.29 is 14.3 Å². The molecule has 2 rings (SSSR count). The van der Waals surface area contributed by atoms with Crippen LogP contribution in [-0.4, -0.2) is 25.2 Å². The van der Waals surface area contributed by atoms with Crippen LogP contribution in [0.15, 0.2) is 41.8 Å². The second-order valence-electron chi connectivity index (χ2n) is 6.29. The predicted molar refractivity (Wildman–Crippen MR) is 104 cm³/mol. The van der Waals surface area contributed by atoms with E-state index in [2.05, 4.69) is 53.5 Å². The number of benzene rings is 1. The molecule has 0 fully saturated rings. The van der Waals surface area contributed by atoms with E-state index in [1.54, 1.807) is 18.3 Å². The summed E-state index contributed by atoms with van der Waals surface area (Å²) >= 11 is 1.63. The molecule has 2 aromatic rings. The van der Waals surface area contributed by atoms with Crippen LogP contribution >= 0.6 is 11.3 Å². The third kappa shape index (κ3) is 5.16. The lowest BCUT2D eigenvalue weighted by Gasteiger charge is -2.23. The van der Waals surface area contributed by atoms with Crippen LogP contribution in [0, 0.1) is 0 Å². The van der Waals surface area contributed by atoms with Crippen molar-refractivity contribution in [1.29, 1.82) is 0 Å². The molecule has 0 saturated heterocycles. The van der Waals surface area contributed by atoms with Crippen molar-refractivity contribution in [1.82, 2.24) is 10.6 Å². The van der Waals surface area contributed by atoms with E-state index >= 15 is 0 Å². The number of carbonyl (C=O) groups is 2. The molecule has 5 nitrogen and oxygen atoms in total. The van der Waals surface area contributed by atoms with Gasteiger partial charge in [-0.15, -0.1) is 11.3 Å². The van der Waals surface area contributed by atoms with Gasteiger partial charge in [0.1, 0.15) is 0 Å². The lowest BCUT2D eigenvalue weighted by Crippen LogP contribution is -2.45. The highest BCUT2D eigenvalue weighted by atomic mass is 32.1. The zero-order valence-electron chi connectivity index (χ0n) is 15.6. The molecule has 0 spiro atoms. The van der Waals surface area contributed by atoms with Gasteiger partial charge in [0.2, 0.25) is 5.91 Å². The van der Waals surface area contributed by atoms with E-state index in [0.717, 1.165) is 16.9 Å². The molecule has 0 radical (unpaired) electrons. The summed E-state index contributed by atoms with van der Waals surface area (Å²) in [5.41, 5.74) is 2.38. The molecule has 1 heterocycles. The molecule has 3 atom stereocenters. The highest BCUT2D eigenvalue weighted by molar-refractivity contribution is 7.10. The van der Waals surface area contributed by atoms with Gasteiger partial charge in [0, 0.05) is 4.88 Å². The van der Waals surface area contributed by atoms with Crippen molar-refractivity contribution in [2.75, 3.05) is 7.11 Å². The Morgan fingerprint density at radius 2 is 1.77 bits per heavy atom. The van der Waals surface area contributed by atoms with Crippen molar-refractivity contribution in [2.45, 2.75) is 45.2 Å². The fourth-order valence-corrected chi connectivity index (χ4v) is 3.45. The van der Waals surface area contributed by atoms with Crippen LogP contribution in [0.4, 0.5) is 4.79 Å². The van der Waals surface area contributed by atoms with Gasteiger partial charge < -0.3 is 4.74 Å². The average molecular weight is 375 g/mol. The molecule has 0 aliphatic rings. The number of hydrogen-bond acceptors (Lipinski definition) is 5. The molecular weight excluding hydrogens is 348 g/mol. The first kappa shape index (κ1) is 20.1. The van der Waals surface area contributed by atoms with Gasteiger partial charge in [-0.25, -0.2) is 4.79 Å². The summed E-state index contributed by atoms with van der Waals surface area (Å²) in [4.78, 5) is 24.5. The summed E-state index contributed by atoms with van der Waals surface area (Å²) in [7, 11) is 1.23. The maximum absolute atomic E-state index is 12.2. The number of imide groups is 1. The Labute approximate surface area is 158 Å². The zero-order valence-corrected chi connectivity index (χ0v) is 16.4. The second kappa shape index (κ2) is 9.50. The topological polar surface area (TPSA) is 67.4 Å². The van der Waals surface area contributed by atoms with E-state index < -0.39 is 18.0 Å². The van der Waals surface area contributed by atoms with Gasteiger partial charge in [-0.3, -0.25) is 15.4 Å². The molecule has 0 saturated carbocycles. The summed E-state index contributed by atoms with van der Waals surface area (Å²) in [6, 6.07) is 11.8. The number of hydrogen-bond donors (Lipinski definition) is 2. The first-order valence-corrected chi connectivity index (χ1v) is 9.62. The van der Waals surface area contributed by atoms with Crippen LogP contribution in [0.5, 0.6) is 0 Å². The minimum atomic E-state index is -0.755. The minimum Gasteiger partial charge on any atom is -0.453 e. The molecule has 1 aromatic heterocycles. The fraction of sp³-hybridized carbons (Fsp3) is 0.400. The van der Waals surface area contributed by atoms with Crippen molar-refractivity contribution >= 4 is 23.3 Å². The largest absolute Gasteiger partial charge is 0.453 e. The lowest BCUT2D eigenvalue weighted by atomic mass is 9.95. The number of alkyl carbamates (subject to hydrolysis) is 1. The summed E-state index contributed by atoms with van der Waals surface area (Å²) in [6.07, 6.45) is 0.339. The quantitative estimate of drug-likeness (QED) is 0.762. The summed E-state index contributed by atoms with van der Waals surface area (Å²) in [5.74, 6) is 0.0941. The normalized spacial score (nSPS) is 14.3. The fourth-order valence-electron chi connectivity index (χ4n) is 2.64. The highest BCUT2D eigenvalue weighted by Crippen LogP contribution is 2.28. The zero-order chi connectivity index (χ0) is 19.1. The smallest absolute Gasteiger partial charge is 0.413 e. The van der Waals surface area contributed by atoms with Gasteiger partial charge in [-0.2, -0.15) is 0 Å². The standard InChI is InChI=1S/C20H26N2O3S/c1-5-13(2)15-8-10-16(11-9-15)18(17-7-6-12-26-17)21-14(3)19(23)22-20(24)25-4/h6-14,18,21H,5H2,1-4H3,(H,22,23,24)/t13-,14+,18+/m1/s1. The van der Waals surface area contributed by atoms with Gasteiger partial charge in [-0.05, 0) is 41.8 Å². The van der Waals surface area contributed by atoms with E-state index in [0.29, 0.717) is 5.92 Å². The number of ether oxygens (including phenoxy) is 1. The molecule has 0 aliphatic carbocycles. The van der Waals surface area contributed by atoms with Gasteiger partial charge in [0.25, 0.3) is 0 Å². The van der Waals surface area contributed by atoms with Crippen molar-refractivity contribution in [3.05, 3.63) is 57.8 Å². The van der Waals surface area contributed by atoms with Gasteiger partial charge >= 0.3 is 6.09 Å². The van der Waals surface area contributed by atoms with Crippen LogP contribution in [0.3, 0.4) is 0 Å². The van der Waals surface area contributed by atoms with Crippen LogP contribution in [0.1, 0.15) is 55.2 Å². The number of rotatable bonds is 7. The van der Waals surface area contributed by atoms with Crippen molar-refractivity contribution in [3.63, 3.8) is 0 Å². The van der Waals surface area contributed by atoms with Crippen LogP contribution in [0.2, 0.25) is 0 Å². The van der Waals surface area contributed by atoms with E-state index in [1.807, 2.05) is 17.5 Å². The van der Waals surface area contributed by atoms with E-state index in [1.165, 1.54) is 12.7 Å². The van der Waals surface area contributed by atoms with Crippen molar-refractivity contribution in [3.8, 4) is 0 Å². The Hall–Kier alpha value is -2.18. The maximum Gasteiger partial charge on any atom is 0.413 e. The van der Waals surface area contributed by atoms with Gasteiger partial charge in [0.15, 0.2) is 0 Å². The monoisotopic (exact) mass is 374 g/mol. The van der Waals surface area contributed by atoms with Crippen molar-refractivity contribution in [2.24, 2.45) is 0 Å². The van der Waals surface area contributed by atoms with Gasteiger partial charge in [-0.1, -0.05) is 44.2 Å². The van der Waals surface area contributed by atoms with E-state index in [-0.39, 0.29) is 6.04 Å². The van der Waals surface area contributed by atoms with Gasteiger partial charge in [0.05, 0.1) is 19.2 Å². The molecular formula is C20H26N2O3S. The molecule has 26 heavy (non-hydrogen) atoms. The third-order valence-corrected chi connectivity index (χ3v) is 5.44. The Balaban J connectivity index is 2.19. The number of methoxy groups -OCH3 is 1. The lowest BCUT2D eigenvalue weighted by molar-refractivity contribution is -0.122. The number of thiophene rings is 1. The number of amides is 2. The predicted octanol–water partition coefficient (Wildman–Crippen LogP) is 4.21. The molecule has 140 valence electrons. The maximum atomic E-state index is 12.2. The highest BCUT2D eigenvalue weighted by Gasteiger charge is 2.23. The average Bonchev–Trinajstić information content (AvgIpc) is 3.19. The molecule has 2 N–H and O–H groups in total. The first-order chi connectivity index (χ1) is 12.5. The number of nitrogens with one attached hydrogen (secondary N) is 2. The third-order valence-electron chi connectivity index (χ3n) is 4.50. The minimum absolute atomic E-state index is 0.126. The summed E-state index contributed by atoms with van der Waals surface area (Å²) < 4.78 is 4.48. The van der Waals surface area contributed by atoms with Crippen LogP contribution in [-0.2, 0) is 9.53 Å². The van der Waals surface area contributed by atoms with Crippen LogP contribution < -0.4 is 10.6 Å². The van der Waals surface area contributed by atoms with Crippen LogP contribution in [0.25, 0.3) is 0 Å². The van der Waals surface area contributed by atoms with E-state index in [9.17, 15) is 9.59 Å². The molecule has 2 amide bonds. The first-order valence-electron chi connectivity index (χ1n) is 8.74. The molecule has 0 bridgehead atoms. The molecule has 6 heteroatoms. The SMILES string of the molecule is CC[C@@H](C)c1ccc([C@H](N[C@@H](C)C(=O)NC(=O)OC)c2cccs2)cc1.